The van der Waals surface area contributed by atoms with Crippen LogP contribution in [0.3, 0.4) is 0 Å². The van der Waals surface area contributed by atoms with Gasteiger partial charge in [-0.05, 0) is 42.6 Å². The molecule has 0 amide bonds. The molecule has 0 spiro atoms. The van der Waals surface area contributed by atoms with E-state index in [0.29, 0.717) is 0 Å². The summed E-state index contributed by atoms with van der Waals surface area (Å²) in [6.45, 7) is 8.21. The molecule has 0 aliphatic carbocycles. The Morgan fingerprint density at radius 3 is 2.28 bits per heavy atom. The van der Waals surface area contributed by atoms with Crippen LogP contribution in [0.1, 0.15) is 22.4 Å². The van der Waals surface area contributed by atoms with Crippen molar-refractivity contribution in [1.29, 1.82) is 0 Å². The number of benzene rings is 2. The number of pyridine rings is 3. The summed E-state index contributed by atoms with van der Waals surface area (Å²) in [6.07, 6.45) is 5.42. The van der Waals surface area contributed by atoms with E-state index in [1.54, 1.807) is 12.4 Å². The molecule has 0 atom stereocenters. The predicted octanol–water partition coefficient (Wildman–Crippen LogP) is 7.62. The number of aromatic nitrogens is 3. The molecule has 0 aliphatic rings. The SMILES string of the molecule is Cc1c[c-]c(-c2cc(C)c(C)cn2)cc1.Cc1ncc[c-]c1-c1cc2c(cn1)oc1ccccc12.[Ir]. The van der Waals surface area contributed by atoms with E-state index in [1.807, 2.05) is 49.5 Å². The third kappa shape index (κ3) is 5.28. The minimum atomic E-state index is 0. The van der Waals surface area contributed by atoms with Gasteiger partial charge in [0.2, 0.25) is 0 Å². The Morgan fingerprint density at radius 1 is 0.722 bits per heavy atom. The monoisotopic (exact) mass is 648 g/mol. The van der Waals surface area contributed by atoms with Gasteiger partial charge in [0.25, 0.3) is 0 Å². The van der Waals surface area contributed by atoms with Crippen molar-refractivity contribution in [3.8, 4) is 22.5 Å². The van der Waals surface area contributed by atoms with Crippen molar-refractivity contribution in [2.45, 2.75) is 27.7 Å². The second-order valence-corrected chi connectivity index (χ2v) is 8.65. The predicted molar refractivity (Wildman–Crippen MR) is 141 cm³/mol. The number of fused-ring (bicyclic) bond motifs is 3. The number of nitrogens with zero attached hydrogens (tertiary/aromatic N) is 3. The maximum atomic E-state index is 5.79. The average Bonchev–Trinajstić information content (AvgIpc) is 3.25. The second-order valence-electron chi connectivity index (χ2n) is 8.65. The van der Waals surface area contributed by atoms with Gasteiger partial charge in [0, 0.05) is 37.1 Å². The molecule has 4 nitrogen and oxygen atoms in total. The van der Waals surface area contributed by atoms with E-state index in [0.717, 1.165) is 50.1 Å². The van der Waals surface area contributed by atoms with Crippen molar-refractivity contribution in [3.05, 3.63) is 114 Å². The van der Waals surface area contributed by atoms with E-state index in [-0.39, 0.29) is 20.1 Å². The first kappa shape index (κ1) is 25.4. The summed E-state index contributed by atoms with van der Waals surface area (Å²) in [5.74, 6) is 0. The molecule has 5 heteroatoms. The summed E-state index contributed by atoms with van der Waals surface area (Å²) < 4.78 is 5.79. The van der Waals surface area contributed by atoms with Crippen LogP contribution >= 0.6 is 0 Å². The van der Waals surface area contributed by atoms with Crippen LogP contribution in [-0.4, -0.2) is 15.0 Å². The molecule has 1 radical (unpaired) electrons. The summed E-state index contributed by atoms with van der Waals surface area (Å²) in [6, 6.07) is 26.5. The molecule has 36 heavy (non-hydrogen) atoms. The van der Waals surface area contributed by atoms with Crippen LogP contribution in [0.2, 0.25) is 0 Å². The maximum absolute atomic E-state index is 5.79. The summed E-state index contributed by atoms with van der Waals surface area (Å²) in [4.78, 5) is 13.2. The standard InChI is InChI=1S/C17H11N2O.C14H14N.Ir/c1-11-12(6-4-8-18-11)15-9-14-13-5-2-3-7-16(13)20-17(14)10-19-15;1-10-4-6-13(7-5-10)14-8-11(2)12(3)9-15-14;/h2-5,7-10H,1H3;4-6,8-9H,1-3H3;/q2*-1;. The van der Waals surface area contributed by atoms with Gasteiger partial charge in [0.1, 0.15) is 5.58 Å². The zero-order chi connectivity index (χ0) is 24.4. The van der Waals surface area contributed by atoms with Gasteiger partial charge in [0.15, 0.2) is 5.58 Å². The van der Waals surface area contributed by atoms with Crippen molar-refractivity contribution in [3.63, 3.8) is 0 Å². The van der Waals surface area contributed by atoms with Gasteiger partial charge in [0.05, 0.1) is 6.20 Å². The molecular formula is C31H25IrN3O-2. The van der Waals surface area contributed by atoms with Crippen LogP contribution in [0.4, 0.5) is 0 Å². The summed E-state index contributed by atoms with van der Waals surface area (Å²) in [7, 11) is 0. The van der Waals surface area contributed by atoms with Crippen LogP contribution in [0.5, 0.6) is 0 Å². The molecule has 4 aromatic heterocycles. The third-order valence-electron chi connectivity index (χ3n) is 6.07. The molecule has 0 saturated carbocycles. The van der Waals surface area contributed by atoms with Gasteiger partial charge >= 0.3 is 0 Å². The zero-order valence-electron chi connectivity index (χ0n) is 20.6. The first-order valence-electron chi connectivity index (χ1n) is 11.5. The van der Waals surface area contributed by atoms with Gasteiger partial charge in [-0.2, -0.15) is 0 Å². The molecule has 0 saturated heterocycles. The van der Waals surface area contributed by atoms with Gasteiger partial charge in [-0.1, -0.05) is 55.9 Å². The molecule has 0 fully saturated rings. The number of rotatable bonds is 2. The fourth-order valence-electron chi connectivity index (χ4n) is 3.90. The van der Waals surface area contributed by atoms with Gasteiger partial charge in [-0.3, -0.25) is 0 Å². The molecule has 0 N–H and O–H groups in total. The Hall–Kier alpha value is -3.66. The fourth-order valence-corrected chi connectivity index (χ4v) is 3.90. The Bertz CT molecular complexity index is 1640. The largest absolute Gasteiger partial charge is 0.455 e. The average molecular weight is 648 g/mol. The molecule has 6 rings (SSSR count). The Kier molecular flexibility index (Phi) is 7.73. The molecular weight excluding hydrogens is 623 g/mol. The molecule has 6 aromatic rings. The summed E-state index contributed by atoms with van der Waals surface area (Å²) in [5.41, 5.74) is 10.2. The first-order chi connectivity index (χ1) is 17.0. The van der Waals surface area contributed by atoms with Crippen molar-refractivity contribution in [1.82, 2.24) is 15.0 Å². The number of furan rings is 1. The van der Waals surface area contributed by atoms with Gasteiger partial charge in [-0.15, -0.1) is 53.1 Å². The number of hydrogen-bond donors (Lipinski definition) is 0. The number of aryl methyl sites for hydroxylation is 4. The Labute approximate surface area is 224 Å². The summed E-state index contributed by atoms with van der Waals surface area (Å²) in [5, 5.41) is 2.18. The zero-order valence-corrected chi connectivity index (χ0v) is 23.0. The first-order valence-corrected chi connectivity index (χ1v) is 11.5. The molecule has 4 heterocycles. The van der Waals surface area contributed by atoms with Crippen LogP contribution in [0, 0.1) is 39.8 Å². The number of para-hydroxylation sites is 1. The van der Waals surface area contributed by atoms with Gasteiger partial charge < -0.3 is 19.4 Å². The summed E-state index contributed by atoms with van der Waals surface area (Å²) >= 11 is 0. The normalized spacial score (nSPS) is 10.6. The van der Waals surface area contributed by atoms with E-state index >= 15 is 0 Å². The van der Waals surface area contributed by atoms with Crippen LogP contribution in [-0.2, 0) is 20.1 Å². The minimum absolute atomic E-state index is 0. The van der Waals surface area contributed by atoms with E-state index in [1.165, 1.54) is 16.7 Å². The maximum Gasteiger partial charge on any atom is 0.151 e. The number of hydrogen-bond acceptors (Lipinski definition) is 4. The minimum Gasteiger partial charge on any atom is -0.455 e. The van der Waals surface area contributed by atoms with Crippen LogP contribution in [0.15, 0.2) is 83.7 Å². The molecule has 0 aliphatic heterocycles. The topological polar surface area (TPSA) is 51.8 Å². The smallest absolute Gasteiger partial charge is 0.151 e. The van der Waals surface area contributed by atoms with Crippen molar-refractivity contribution in [2.24, 2.45) is 0 Å². The van der Waals surface area contributed by atoms with Crippen molar-refractivity contribution >= 4 is 21.9 Å². The Morgan fingerprint density at radius 2 is 1.53 bits per heavy atom. The van der Waals surface area contributed by atoms with Crippen molar-refractivity contribution in [2.75, 3.05) is 0 Å². The van der Waals surface area contributed by atoms with Crippen LogP contribution < -0.4 is 0 Å². The van der Waals surface area contributed by atoms with E-state index in [2.05, 4.69) is 72.1 Å². The molecule has 2 aromatic carbocycles. The quantitative estimate of drug-likeness (QED) is 0.182. The van der Waals surface area contributed by atoms with E-state index in [9.17, 15) is 0 Å². The molecule has 0 unspecified atom stereocenters. The van der Waals surface area contributed by atoms with Crippen LogP contribution in [0.25, 0.3) is 44.5 Å². The van der Waals surface area contributed by atoms with E-state index in [4.69, 9.17) is 4.42 Å². The van der Waals surface area contributed by atoms with Gasteiger partial charge in [-0.25, -0.2) is 0 Å². The Balaban J connectivity index is 0.000000172. The van der Waals surface area contributed by atoms with E-state index < -0.39 is 0 Å². The second kappa shape index (κ2) is 10.9. The fraction of sp³-hybridized carbons (Fsp3) is 0.129. The van der Waals surface area contributed by atoms with Crippen molar-refractivity contribution < 1.29 is 24.5 Å². The third-order valence-corrected chi connectivity index (χ3v) is 6.07. The molecule has 0 bridgehead atoms. The molecule has 181 valence electrons.